The zero-order valence-corrected chi connectivity index (χ0v) is 14.2. The van der Waals surface area contributed by atoms with Gasteiger partial charge in [0.25, 0.3) is 11.8 Å². The van der Waals surface area contributed by atoms with E-state index in [0.29, 0.717) is 13.1 Å². The molecule has 0 N–H and O–H groups in total. The molecule has 4 rings (SSSR count). The van der Waals surface area contributed by atoms with Gasteiger partial charge in [-0.05, 0) is 31.2 Å². The molecule has 124 valence electrons. The lowest BCUT2D eigenvalue weighted by atomic mass is 10.1. The van der Waals surface area contributed by atoms with Crippen LogP contribution in [0.3, 0.4) is 0 Å². The Morgan fingerprint density at radius 2 is 1.96 bits per heavy atom. The predicted molar refractivity (Wildman–Crippen MR) is 92.4 cm³/mol. The molecule has 5 nitrogen and oxygen atoms in total. The molecule has 0 radical (unpaired) electrons. The molecule has 24 heavy (non-hydrogen) atoms. The number of carbonyl (C=O) groups excluding carboxylic acids is 2. The molecule has 1 aromatic heterocycles. The highest BCUT2D eigenvalue weighted by Crippen LogP contribution is 2.30. The van der Waals surface area contributed by atoms with Gasteiger partial charge < -0.3 is 14.5 Å². The van der Waals surface area contributed by atoms with E-state index in [1.165, 1.54) is 11.3 Å². The van der Waals surface area contributed by atoms with Gasteiger partial charge in [0.05, 0.1) is 17.0 Å². The monoisotopic (exact) mass is 342 g/mol. The van der Waals surface area contributed by atoms with Crippen LogP contribution >= 0.6 is 11.3 Å². The van der Waals surface area contributed by atoms with E-state index in [1.807, 2.05) is 49.4 Å². The van der Waals surface area contributed by atoms with Gasteiger partial charge in [0.2, 0.25) is 0 Å². The lowest BCUT2D eigenvalue weighted by Crippen LogP contribution is -2.54. The normalized spacial score (nSPS) is 23.5. The number of likely N-dealkylation sites (tertiary alicyclic amines) is 1. The number of aryl methyl sites for hydroxylation is 1. The summed E-state index contributed by atoms with van der Waals surface area (Å²) in [6, 6.07) is 13.3. The third-order valence-corrected chi connectivity index (χ3v) is 5.52. The summed E-state index contributed by atoms with van der Waals surface area (Å²) in [6.07, 6.45) is -0.132. The first-order valence-electron chi connectivity index (χ1n) is 7.98. The average molecular weight is 342 g/mol. The molecular weight excluding hydrogens is 324 g/mol. The van der Waals surface area contributed by atoms with E-state index in [2.05, 4.69) is 0 Å². The van der Waals surface area contributed by atoms with E-state index in [-0.39, 0.29) is 30.6 Å². The number of nitrogens with zero attached hydrogens (tertiary/aromatic N) is 2. The summed E-state index contributed by atoms with van der Waals surface area (Å²) < 4.78 is 5.71. The van der Waals surface area contributed by atoms with Gasteiger partial charge in [-0.15, -0.1) is 11.3 Å². The predicted octanol–water partition coefficient (Wildman–Crippen LogP) is 2.31. The number of carbonyl (C=O) groups is 2. The smallest absolute Gasteiger partial charge is 0.264 e. The van der Waals surface area contributed by atoms with Crippen molar-refractivity contribution < 1.29 is 14.3 Å². The van der Waals surface area contributed by atoms with Crippen molar-refractivity contribution in [3.8, 4) is 0 Å². The Morgan fingerprint density at radius 3 is 2.67 bits per heavy atom. The van der Waals surface area contributed by atoms with Crippen molar-refractivity contribution in [3.63, 3.8) is 0 Å². The summed E-state index contributed by atoms with van der Waals surface area (Å²) in [5.74, 6) is -0.0322. The zero-order valence-electron chi connectivity index (χ0n) is 13.3. The Hall–Kier alpha value is -2.18. The molecule has 0 spiro atoms. The highest BCUT2D eigenvalue weighted by Gasteiger charge is 2.45. The van der Waals surface area contributed by atoms with Crippen LogP contribution in [0, 0.1) is 6.92 Å². The largest absolute Gasteiger partial charge is 0.364 e. The quantitative estimate of drug-likeness (QED) is 0.841. The Morgan fingerprint density at radius 1 is 1.17 bits per heavy atom. The summed E-state index contributed by atoms with van der Waals surface area (Å²) in [7, 11) is 0. The van der Waals surface area contributed by atoms with E-state index in [0.717, 1.165) is 15.4 Å². The van der Waals surface area contributed by atoms with E-state index in [4.69, 9.17) is 4.74 Å². The van der Waals surface area contributed by atoms with Crippen LogP contribution in [0.1, 0.15) is 14.5 Å². The van der Waals surface area contributed by atoms with Crippen molar-refractivity contribution in [2.75, 3.05) is 24.6 Å². The van der Waals surface area contributed by atoms with Crippen LogP contribution in [-0.2, 0) is 9.53 Å². The fourth-order valence-electron chi connectivity index (χ4n) is 3.40. The molecule has 0 unspecified atom stereocenters. The molecule has 0 bridgehead atoms. The molecule has 0 saturated carbocycles. The minimum atomic E-state index is -0.132. The van der Waals surface area contributed by atoms with Crippen molar-refractivity contribution >= 4 is 28.8 Å². The Bertz CT molecular complexity index is 774. The first-order valence-corrected chi connectivity index (χ1v) is 8.79. The zero-order chi connectivity index (χ0) is 16.7. The van der Waals surface area contributed by atoms with E-state index in [9.17, 15) is 9.59 Å². The third-order valence-electron chi connectivity index (χ3n) is 4.53. The highest BCUT2D eigenvalue weighted by molar-refractivity contribution is 7.13. The fraction of sp³-hybridized carbons (Fsp3) is 0.333. The van der Waals surface area contributed by atoms with E-state index < -0.39 is 0 Å². The number of morpholine rings is 1. The molecule has 6 heteroatoms. The lowest BCUT2D eigenvalue weighted by molar-refractivity contribution is -0.130. The second-order valence-electron chi connectivity index (χ2n) is 6.14. The second kappa shape index (κ2) is 6.03. The van der Waals surface area contributed by atoms with Crippen molar-refractivity contribution in [1.82, 2.24) is 4.90 Å². The van der Waals surface area contributed by atoms with Crippen LogP contribution in [0.25, 0.3) is 0 Å². The molecule has 2 aliphatic rings. The van der Waals surface area contributed by atoms with Crippen LogP contribution in [0.15, 0.2) is 42.5 Å². The van der Waals surface area contributed by atoms with Gasteiger partial charge in [-0.2, -0.15) is 0 Å². The standard InChI is InChI=1S/C18H18N2O3S/c1-12-7-8-16(24-12)18(22)19-9-14-15(10-19)23-11-17(21)20(14)13-5-3-2-4-6-13/h2-8,14-15H,9-11H2,1H3/t14-,15-/m0/s1. The molecule has 2 aromatic rings. The van der Waals surface area contributed by atoms with Crippen molar-refractivity contribution in [2.24, 2.45) is 0 Å². The summed E-state index contributed by atoms with van der Waals surface area (Å²) >= 11 is 1.50. The number of amides is 2. The SMILES string of the molecule is Cc1ccc(C(=O)N2C[C@@H]3OCC(=O)N(c4ccccc4)[C@H]3C2)s1. The summed E-state index contributed by atoms with van der Waals surface area (Å²) in [4.78, 5) is 30.5. The molecule has 2 fully saturated rings. The maximum absolute atomic E-state index is 12.7. The lowest BCUT2D eigenvalue weighted by Gasteiger charge is -2.36. The average Bonchev–Trinajstić information content (AvgIpc) is 3.21. The Labute approximate surface area is 144 Å². The number of benzene rings is 1. The highest BCUT2D eigenvalue weighted by atomic mass is 32.1. The maximum atomic E-state index is 12.7. The molecule has 0 aliphatic carbocycles. The number of hydrogen-bond acceptors (Lipinski definition) is 4. The van der Waals surface area contributed by atoms with Gasteiger partial charge in [0, 0.05) is 23.7 Å². The number of para-hydroxylation sites is 1. The number of thiophene rings is 1. The minimum absolute atomic E-state index is 0.0200. The second-order valence-corrected chi connectivity index (χ2v) is 7.42. The number of anilines is 1. The molecule has 2 aliphatic heterocycles. The molecular formula is C18H18N2O3S. The molecule has 2 saturated heterocycles. The van der Waals surface area contributed by atoms with Crippen LogP contribution in [0.4, 0.5) is 5.69 Å². The van der Waals surface area contributed by atoms with Crippen LogP contribution in [0.2, 0.25) is 0 Å². The van der Waals surface area contributed by atoms with Gasteiger partial charge in [0.1, 0.15) is 6.61 Å². The molecule has 2 amide bonds. The van der Waals surface area contributed by atoms with Gasteiger partial charge in [0.15, 0.2) is 0 Å². The summed E-state index contributed by atoms with van der Waals surface area (Å²) in [5.41, 5.74) is 0.863. The minimum Gasteiger partial charge on any atom is -0.364 e. The topological polar surface area (TPSA) is 49.9 Å². The van der Waals surface area contributed by atoms with Gasteiger partial charge in [-0.1, -0.05) is 18.2 Å². The number of fused-ring (bicyclic) bond motifs is 1. The first-order chi connectivity index (χ1) is 11.6. The number of rotatable bonds is 2. The molecule has 3 heterocycles. The van der Waals surface area contributed by atoms with Gasteiger partial charge >= 0.3 is 0 Å². The maximum Gasteiger partial charge on any atom is 0.264 e. The Balaban J connectivity index is 1.58. The number of ether oxygens (including phenoxy) is 1. The van der Waals surface area contributed by atoms with Crippen LogP contribution in [0.5, 0.6) is 0 Å². The first kappa shape index (κ1) is 15.4. The van der Waals surface area contributed by atoms with Gasteiger partial charge in [-0.3, -0.25) is 9.59 Å². The van der Waals surface area contributed by atoms with Crippen molar-refractivity contribution in [3.05, 3.63) is 52.2 Å². The van der Waals surface area contributed by atoms with E-state index in [1.54, 1.807) is 9.80 Å². The fourth-order valence-corrected chi connectivity index (χ4v) is 4.23. The summed E-state index contributed by atoms with van der Waals surface area (Å²) in [5, 5.41) is 0. The van der Waals surface area contributed by atoms with Crippen molar-refractivity contribution in [2.45, 2.75) is 19.1 Å². The molecule has 1 aromatic carbocycles. The van der Waals surface area contributed by atoms with Crippen LogP contribution < -0.4 is 4.90 Å². The molecule has 2 atom stereocenters. The third kappa shape index (κ3) is 2.61. The number of hydrogen-bond donors (Lipinski definition) is 0. The van der Waals surface area contributed by atoms with Crippen molar-refractivity contribution in [1.29, 1.82) is 0 Å². The van der Waals surface area contributed by atoms with Gasteiger partial charge in [-0.25, -0.2) is 0 Å². The Kier molecular flexibility index (Phi) is 3.86. The summed E-state index contributed by atoms with van der Waals surface area (Å²) in [6.45, 7) is 3.08. The van der Waals surface area contributed by atoms with E-state index >= 15 is 0 Å². The van der Waals surface area contributed by atoms with Crippen LogP contribution in [-0.4, -0.2) is 48.6 Å².